The minimum Gasteiger partial charge on any atom is -0.388 e. The Bertz CT molecular complexity index is 163. The maximum Gasteiger partial charge on any atom is 0.105 e. The lowest BCUT2D eigenvalue weighted by atomic mass is 10.1. The number of hydrogen-bond donors (Lipinski definition) is 1. The Morgan fingerprint density at radius 3 is 2.86 bits per heavy atom. The quantitative estimate of drug-likeness (QED) is 0.704. The molecule has 0 saturated carbocycles. The molecular weight excluding hydrogens is 182 g/mol. The van der Waals surface area contributed by atoms with E-state index in [0.29, 0.717) is 19.3 Å². The highest BCUT2D eigenvalue weighted by Crippen LogP contribution is 2.11. The van der Waals surface area contributed by atoms with Gasteiger partial charge in [0.05, 0.1) is 19.3 Å². The predicted molar refractivity (Wildman–Crippen MR) is 54.3 cm³/mol. The molecule has 1 saturated heterocycles. The van der Waals surface area contributed by atoms with E-state index < -0.39 is 6.10 Å². The fourth-order valence-corrected chi connectivity index (χ4v) is 1.68. The number of hydrogen-bond acceptors (Lipinski definition) is 4. The van der Waals surface area contributed by atoms with Crippen LogP contribution in [0.5, 0.6) is 0 Å². The largest absolute Gasteiger partial charge is 0.388 e. The van der Waals surface area contributed by atoms with Gasteiger partial charge in [-0.05, 0) is 13.8 Å². The Balaban J connectivity index is 2.39. The summed E-state index contributed by atoms with van der Waals surface area (Å²) in [6.45, 7) is 7.10. The molecule has 0 spiro atoms. The monoisotopic (exact) mass is 203 g/mol. The van der Waals surface area contributed by atoms with Crippen LogP contribution >= 0.6 is 0 Å². The molecule has 1 rings (SSSR count). The summed E-state index contributed by atoms with van der Waals surface area (Å²) < 4.78 is 10.4. The molecule has 4 nitrogen and oxygen atoms in total. The second-order valence-corrected chi connectivity index (χ2v) is 4.02. The Morgan fingerprint density at radius 1 is 1.57 bits per heavy atom. The van der Waals surface area contributed by atoms with Gasteiger partial charge in [-0.1, -0.05) is 0 Å². The first-order valence-corrected chi connectivity index (χ1v) is 5.17. The summed E-state index contributed by atoms with van der Waals surface area (Å²) in [6.07, 6.45) is -0.618. The SMILES string of the molecule is COCC(O)C1CN(C(C)C)CCO1. The average molecular weight is 203 g/mol. The highest BCUT2D eigenvalue weighted by molar-refractivity contribution is 4.79. The molecule has 2 atom stereocenters. The van der Waals surface area contributed by atoms with E-state index in [-0.39, 0.29) is 6.10 Å². The first-order chi connectivity index (χ1) is 6.65. The predicted octanol–water partition coefficient (Wildman–Crippen LogP) is 0.103. The third-order valence-electron chi connectivity index (χ3n) is 2.62. The molecule has 0 aromatic heterocycles. The van der Waals surface area contributed by atoms with Crippen LogP contribution in [0.4, 0.5) is 0 Å². The first-order valence-electron chi connectivity index (χ1n) is 5.17. The second-order valence-electron chi connectivity index (χ2n) is 4.02. The molecule has 1 aliphatic rings. The molecule has 1 fully saturated rings. The number of ether oxygens (including phenoxy) is 2. The number of methoxy groups -OCH3 is 1. The lowest BCUT2D eigenvalue weighted by Crippen LogP contribution is -2.51. The van der Waals surface area contributed by atoms with E-state index in [1.165, 1.54) is 0 Å². The number of rotatable bonds is 4. The molecule has 0 bridgehead atoms. The van der Waals surface area contributed by atoms with Crippen LogP contribution in [0, 0.1) is 0 Å². The zero-order valence-electron chi connectivity index (χ0n) is 9.27. The van der Waals surface area contributed by atoms with Gasteiger partial charge in [0.25, 0.3) is 0 Å². The van der Waals surface area contributed by atoms with Gasteiger partial charge in [-0.2, -0.15) is 0 Å². The summed E-state index contributed by atoms with van der Waals surface area (Å²) in [4.78, 5) is 2.31. The number of aliphatic hydroxyl groups is 1. The van der Waals surface area contributed by atoms with Crippen LogP contribution in [0.25, 0.3) is 0 Å². The van der Waals surface area contributed by atoms with Crippen LogP contribution in [0.3, 0.4) is 0 Å². The van der Waals surface area contributed by atoms with Crippen molar-refractivity contribution in [1.82, 2.24) is 4.90 Å². The van der Waals surface area contributed by atoms with Crippen molar-refractivity contribution >= 4 is 0 Å². The van der Waals surface area contributed by atoms with Gasteiger partial charge in [-0.3, -0.25) is 4.90 Å². The van der Waals surface area contributed by atoms with Gasteiger partial charge in [0.2, 0.25) is 0 Å². The summed E-state index contributed by atoms with van der Waals surface area (Å²) in [5.74, 6) is 0. The van der Waals surface area contributed by atoms with Crippen molar-refractivity contribution in [3.05, 3.63) is 0 Å². The summed E-state index contributed by atoms with van der Waals surface area (Å²) in [5, 5.41) is 9.70. The van der Waals surface area contributed by atoms with Gasteiger partial charge < -0.3 is 14.6 Å². The minimum absolute atomic E-state index is 0.105. The smallest absolute Gasteiger partial charge is 0.105 e. The van der Waals surface area contributed by atoms with Crippen molar-refractivity contribution in [1.29, 1.82) is 0 Å². The lowest BCUT2D eigenvalue weighted by molar-refractivity contribution is -0.110. The van der Waals surface area contributed by atoms with Gasteiger partial charge in [0.1, 0.15) is 6.10 Å². The van der Waals surface area contributed by atoms with Gasteiger partial charge in [-0.15, -0.1) is 0 Å². The molecule has 1 aliphatic heterocycles. The lowest BCUT2D eigenvalue weighted by Gasteiger charge is -2.37. The van der Waals surface area contributed by atoms with Crippen molar-refractivity contribution in [3.8, 4) is 0 Å². The fraction of sp³-hybridized carbons (Fsp3) is 1.00. The number of morpholine rings is 1. The van der Waals surface area contributed by atoms with Crippen molar-refractivity contribution in [2.75, 3.05) is 33.4 Å². The number of nitrogens with zero attached hydrogens (tertiary/aromatic N) is 1. The van der Waals surface area contributed by atoms with E-state index in [0.717, 1.165) is 13.1 Å². The van der Waals surface area contributed by atoms with Gasteiger partial charge in [0, 0.05) is 26.2 Å². The molecule has 2 unspecified atom stereocenters. The first kappa shape index (κ1) is 11.9. The zero-order chi connectivity index (χ0) is 10.6. The normalized spacial score (nSPS) is 26.8. The fourth-order valence-electron chi connectivity index (χ4n) is 1.68. The molecule has 0 aromatic rings. The van der Waals surface area contributed by atoms with E-state index in [1.807, 2.05) is 0 Å². The van der Waals surface area contributed by atoms with Crippen LogP contribution in [-0.4, -0.2) is 61.7 Å². The molecule has 1 heterocycles. The second kappa shape index (κ2) is 5.66. The van der Waals surface area contributed by atoms with Crippen LogP contribution in [-0.2, 0) is 9.47 Å². The Hall–Kier alpha value is -0.160. The average Bonchev–Trinajstić information content (AvgIpc) is 2.18. The molecule has 1 N–H and O–H groups in total. The zero-order valence-corrected chi connectivity index (χ0v) is 9.27. The van der Waals surface area contributed by atoms with Crippen LogP contribution in [0.2, 0.25) is 0 Å². The molecule has 0 aliphatic carbocycles. The van der Waals surface area contributed by atoms with Crippen LogP contribution < -0.4 is 0 Å². The Morgan fingerprint density at radius 2 is 2.29 bits per heavy atom. The highest BCUT2D eigenvalue weighted by Gasteiger charge is 2.27. The van der Waals surface area contributed by atoms with Crippen LogP contribution in [0.1, 0.15) is 13.8 Å². The van der Waals surface area contributed by atoms with Crippen molar-refractivity contribution in [3.63, 3.8) is 0 Å². The van der Waals surface area contributed by atoms with Gasteiger partial charge in [0.15, 0.2) is 0 Å². The molecule has 0 amide bonds. The third kappa shape index (κ3) is 3.20. The summed E-state index contributed by atoms with van der Waals surface area (Å²) in [7, 11) is 1.59. The summed E-state index contributed by atoms with van der Waals surface area (Å²) in [6, 6.07) is 0.510. The van der Waals surface area contributed by atoms with Gasteiger partial charge >= 0.3 is 0 Å². The van der Waals surface area contributed by atoms with Gasteiger partial charge in [-0.25, -0.2) is 0 Å². The summed E-state index contributed by atoms with van der Waals surface area (Å²) >= 11 is 0. The summed E-state index contributed by atoms with van der Waals surface area (Å²) in [5.41, 5.74) is 0. The van der Waals surface area contributed by atoms with Crippen molar-refractivity contribution in [2.24, 2.45) is 0 Å². The molecule has 0 aromatic carbocycles. The topological polar surface area (TPSA) is 41.9 Å². The van der Waals surface area contributed by atoms with E-state index in [4.69, 9.17) is 9.47 Å². The van der Waals surface area contributed by atoms with E-state index >= 15 is 0 Å². The molecule has 4 heteroatoms. The molecule has 14 heavy (non-hydrogen) atoms. The standard InChI is InChI=1S/C10H21NO3/c1-8(2)11-4-5-14-10(6-11)9(12)7-13-3/h8-10,12H,4-7H2,1-3H3. The third-order valence-corrected chi connectivity index (χ3v) is 2.62. The maximum atomic E-state index is 9.70. The van der Waals surface area contributed by atoms with Crippen molar-refractivity contribution in [2.45, 2.75) is 32.1 Å². The van der Waals surface area contributed by atoms with E-state index in [1.54, 1.807) is 7.11 Å². The van der Waals surface area contributed by atoms with Crippen molar-refractivity contribution < 1.29 is 14.6 Å². The Labute approximate surface area is 85.8 Å². The maximum absolute atomic E-state index is 9.70. The molecule has 0 radical (unpaired) electrons. The van der Waals surface area contributed by atoms with Crippen LogP contribution in [0.15, 0.2) is 0 Å². The van der Waals surface area contributed by atoms with E-state index in [9.17, 15) is 5.11 Å². The molecular formula is C10H21NO3. The van der Waals surface area contributed by atoms with E-state index in [2.05, 4.69) is 18.7 Å². The highest BCUT2D eigenvalue weighted by atomic mass is 16.5. The molecule has 84 valence electrons. The number of aliphatic hydroxyl groups excluding tert-OH is 1. The Kier molecular flexibility index (Phi) is 4.81. The minimum atomic E-state index is -0.512.